The van der Waals surface area contributed by atoms with Gasteiger partial charge >= 0.3 is 102 Å². The van der Waals surface area contributed by atoms with E-state index in [1.54, 1.807) is 13.1 Å². The van der Waals surface area contributed by atoms with Crippen molar-refractivity contribution in [3.8, 4) is 0 Å². The molecule has 0 aliphatic carbocycles. The summed E-state index contributed by atoms with van der Waals surface area (Å²) in [5.74, 6) is 0. The van der Waals surface area contributed by atoms with E-state index in [9.17, 15) is 0 Å². The van der Waals surface area contributed by atoms with Crippen LogP contribution >= 0.6 is 12.6 Å². The Bertz CT molecular complexity index is 104. The topological polar surface area (TPSA) is 0 Å². The summed E-state index contributed by atoms with van der Waals surface area (Å²) in [5.41, 5.74) is 0. The van der Waals surface area contributed by atoms with Gasteiger partial charge in [-0.2, -0.15) is 0 Å². The average molecular weight is 373 g/mol. The van der Waals surface area contributed by atoms with E-state index in [-0.39, 0.29) is 0 Å². The summed E-state index contributed by atoms with van der Waals surface area (Å²) in [5, 5.41) is 0. The van der Waals surface area contributed by atoms with Crippen LogP contribution in [0.2, 0.25) is 13.1 Å². The van der Waals surface area contributed by atoms with Crippen molar-refractivity contribution in [2.45, 2.75) is 72.4 Å². The third-order valence-electron chi connectivity index (χ3n) is 2.74. The van der Waals surface area contributed by atoms with Gasteiger partial charge in [0.25, 0.3) is 0 Å². The van der Waals surface area contributed by atoms with Gasteiger partial charge in [0.2, 0.25) is 0 Å². The maximum absolute atomic E-state index is 4.19. The van der Waals surface area contributed by atoms with E-state index in [0.717, 1.165) is 0 Å². The van der Waals surface area contributed by atoms with Crippen molar-refractivity contribution < 1.29 is 0 Å². The van der Waals surface area contributed by atoms with Gasteiger partial charge < -0.3 is 0 Å². The molecule has 2 heteroatoms. The van der Waals surface area contributed by atoms with Crippen molar-refractivity contribution >= 4 is 29.1 Å². The Morgan fingerprint density at radius 1 is 0.714 bits per heavy atom. The second-order valence-corrected chi connectivity index (χ2v) is 24.1. The Morgan fingerprint density at radius 3 is 1.21 bits per heavy atom. The number of unbranched alkanes of at least 4 members (excludes halogenated alkanes) is 3. The maximum atomic E-state index is 4.19. The van der Waals surface area contributed by atoms with Gasteiger partial charge in [0.1, 0.15) is 0 Å². The first-order valence-corrected chi connectivity index (χ1v) is 17.4. The molecule has 0 heterocycles. The van der Waals surface area contributed by atoms with Crippen molar-refractivity contribution in [3.05, 3.63) is 0 Å². The molecule has 0 saturated carbocycles. The predicted octanol–water partition coefficient (Wildman–Crippen LogP) is 5.73. The fourth-order valence-corrected chi connectivity index (χ4v) is 16.2. The molecule has 1 radical (unpaired) electrons. The quantitative estimate of drug-likeness (QED) is 0.453. The van der Waals surface area contributed by atoms with Gasteiger partial charge in [0, 0.05) is 0 Å². The predicted molar refractivity (Wildman–Crippen MR) is 73.8 cm³/mol. The van der Waals surface area contributed by atoms with E-state index in [1.807, 2.05) is 0 Å². The second kappa shape index (κ2) is 9.52. The molecule has 0 aliphatic rings. The average Bonchev–Trinajstić information content (AvgIpc) is 2.21. The first-order chi connectivity index (χ1) is 6.68. The molecule has 0 aromatic carbocycles. The molecular weight excluding hydrogens is 346 g/mol. The molecule has 0 saturated heterocycles. The Kier molecular flexibility index (Phi) is 10.4. The van der Waals surface area contributed by atoms with E-state index in [1.165, 1.54) is 38.5 Å². The van der Waals surface area contributed by atoms with Crippen LogP contribution in [0.1, 0.15) is 59.3 Å². The first-order valence-electron chi connectivity index (χ1n) is 6.24. The molecule has 0 atom stereocenters. The molecule has 0 aromatic rings. The van der Waals surface area contributed by atoms with Gasteiger partial charge in [-0.1, -0.05) is 0 Å². The number of hydrogen-bond acceptors (Lipinski definition) is 0. The summed E-state index contributed by atoms with van der Waals surface area (Å²) < 4.78 is 4.69. The van der Waals surface area contributed by atoms with Crippen LogP contribution in [-0.2, 0) is 0 Å². The van der Waals surface area contributed by atoms with Crippen LogP contribution < -0.4 is 0 Å². The van der Waals surface area contributed by atoms with Crippen LogP contribution in [0.15, 0.2) is 0 Å². The van der Waals surface area contributed by atoms with E-state index >= 15 is 0 Å². The van der Waals surface area contributed by atoms with Crippen molar-refractivity contribution in [1.29, 1.82) is 0 Å². The summed E-state index contributed by atoms with van der Waals surface area (Å²) in [7, 11) is 0. The molecule has 0 rings (SSSR count). The fourth-order valence-electron chi connectivity index (χ4n) is 1.66. The summed E-state index contributed by atoms with van der Waals surface area (Å²) in [6, 6.07) is 0. The minimum atomic E-state index is -1.65. The number of hydrogen-bond donors (Lipinski definition) is 0. The summed E-state index contributed by atoms with van der Waals surface area (Å²) in [6.45, 7) is 6.95. The minimum absolute atomic E-state index is 1.38. The van der Waals surface area contributed by atoms with Crippen molar-refractivity contribution in [3.63, 3.8) is 0 Å². The van der Waals surface area contributed by atoms with Crippen LogP contribution in [0, 0.1) is 0 Å². The van der Waals surface area contributed by atoms with Crippen molar-refractivity contribution in [1.82, 2.24) is 0 Å². The van der Waals surface area contributed by atoms with Gasteiger partial charge in [0.05, 0.1) is 0 Å². The van der Waals surface area contributed by atoms with Crippen molar-refractivity contribution in [2.24, 2.45) is 0 Å². The molecule has 0 N–H and O–H groups in total. The molecule has 0 bridgehead atoms. The summed E-state index contributed by atoms with van der Waals surface area (Å²) in [4.78, 5) is 0. The van der Waals surface area contributed by atoms with Crippen molar-refractivity contribution in [2.75, 3.05) is 0 Å². The zero-order valence-corrected chi connectivity index (χ0v) is 14.3. The van der Waals surface area contributed by atoms with E-state index in [0.29, 0.717) is 0 Å². The van der Waals surface area contributed by atoms with Gasteiger partial charge in [-0.3, -0.25) is 0 Å². The van der Waals surface area contributed by atoms with E-state index in [4.69, 9.17) is 0 Å². The van der Waals surface area contributed by atoms with Crippen LogP contribution in [0.4, 0.5) is 0 Å². The van der Waals surface area contributed by atoms with Gasteiger partial charge in [-0.05, 0) is 0 Å². The standard InChI is InChI=1S/3C4H9.BrH.Sb/c3*1-3-4-2;;/h3*1,3-4H2,2H3;1H;/q;;;;+1/p-1. The molecule has 87 valence electrons. The molecule has 14 heavy (non-hydrogen) atoms. The van der Waals surface area contributed by atoms with Crippen LogP contribution in [0.3, 0.4) is 0 Å². The molecule has 0 amide bonds. The Hall–Kier alpha value is 1.30. The zero-order chi connectivity index (χ0) is 10.9. The Morgan fingerprint density at radius 2 is 1.00 bits per heavy atom. The monoisotopic (exact) mass is 371 g/mol. The molecule has 0 fully saturated rings. The molecule has 0 spiro atoms. The molecule has 0 aromatic heterocycles. The van der Waals surface area contributed by atoms with Crippen LogP contribution in [0.25, 0.3) is 0 Å². The zero-order valence-electron chi connectivity index (χ0n) is 10.2. The van der Waals surface area contributed by atoms with Crippen LogP contribution in [0.5, 0.6) is 0 Å². The third-order valence-corrected chi connectivity index (χ3v) is 19.4. The normalized spacial score (nSPS) is 12.0. The van der Waals surface area contributed by atoms with Gasteiger partial charge in [-0.25, -0.2) is 0 Å². The summed E-state index contributed by atoms with van der Waals surface area (Å²) in [6.07, 6.45) is 8.51. The SMILES string of the molecule is CCC[CH2][Sb]([Br])([CH2]CCC)[CH2]CCC. The fraction of sp³-hybridized carbons (Fsp3) is 1.00. The van der Waals surface area contributed by atoms with Gasteiger partial charge in [-0.15, -0.1) is 0 Å². The van der Waals surface area contributed by atoms with E-state index < -0.39 is 16.6 Å². The van der Waals surface area contributed by atoms with Crippen LogP contribution in [-0.4, -0.2) is 16.6 Å². The first kappa shape index (κ1) is 15.3. The molecule has 0 unspecified atom stereocenters. The molecule has 0 nitrogen and oxygen atoms in total. The van der Waals surface area contributed by atoms with Gasteiger partial charge in [0.15, 0.2) is 0 Å². The second-order valence-electron chi connectivity index (χ2n) is 4.26. The summed E-state index contributed by atoms with van der Waals surface area (Å²) >= 11 is 2.54. The number of halogens is 1. The Labute approximate surface area is 101 Å². The molecule has 0 aliphatic heterocycles. The molecular formula is C12H27BrSb. The Balaban J connectivity index is 3.89. The third kappa shape index (κ3) is 7.57. The number of rotatable bonds is 9. The van der Waals surface area contributed by atoms with E-state index in [2.05, 4.69) is 33.4 Å².